The van der Waals surface area contributed by atoms with Gasteiger partial charge in [0.05, 0.1) is 17.9 Å². The van der Waals surface area contributed by atoms with E-state index in [0.29, 0.717) is 33.8 Å². The Bertz CT molecular complexity index is 1070. The number of aryl methyl sites for hydroxylation is 2. The molecule has 0 aliphatic carbocycles. The molecule has 3 aromatic rings. The van der Waals surface area contributed by atoms with Crippen molar-refractivity contribution in [3.05, 3.63) is 51.6 Å². The lowest BCUT2D eigenvalue weighted by atomic mass is 10.2. The number of benzene rings is 1. The van der Waals surface area contributed by atoms with Gasteiger partial charge in [-0.2, -0.15) is 5.26 Å². The molecule has 0 bridgehead atoms. The molecule has 0 aliphatic heterocycles. The van der Waals surface area contributed by atoms with Crippen LogP contribution in [0, 0.1) is 18.3 Å². The van der Waals surface area contributed by atoms with Crippen molar-refractivity contribution < 1.29 is 9.53 Å². The summed E-state index contributed by atoms with van der Waals surface area (Å²) in [7, 11) is 1.88. The van der Waals surface area contributed by atoms with Crippen molar-refractivity contribution >= 4 is 45.6 Å². The fourth-order valence-electron chi connectivity index (χ4n) is 2.66. The monoisotopic (exact) mass is 461 g/mol. The average molecular weight is 462 g/mol. The summed E-state index contributed by atoms with van der Waals surface area (Å²) in [4.78, 5) is 12.1. The summed E-state index contributed by atoms with van der Waals surface area (Å²) < 4.78 is 7.70. The number of ether oxygens (including phenoxy) is 1. The molecule has 30 heavy (non-hydrogen) atoms. The largest absolute Gasteiger partial charge is 0.493 e. The van der Waals surface area contributed by atoms with Crippen LogP contribution in [0.4, 0.5) is 5.00 Å². The van der Waals surface area contributed by atoms with Crippen molar-refractivity contribution in [2.75, 3.05) is 17.7 Å². The third-order valence-electron chi connectivity index (χ3n) is 4.24. The van der Waals surface area contributed by atoms with Crippen molar-refractivity contribution in [3.8, 4) is 11.8 Å². The number of halogens is 1. The van der Waals surface area contributed by atoms with Crippen LogP contribution in [0.3, 0.4) is 0 Å². The highest BCUT2D eigenvalue weighted by molar-refractivity contribution is 7.99. The van der Waals surface area contributed by atoms with Gasteiger partial charge in [-0.05, 0) is 48.6 Å². The molecule has 1 amide bonds. The third-order valence-corrected chi connectivity index (χ3v) is 6.32. The molecule has 0 aliphatic rings. The van der Waals surface area contributed by atoms with Crippen LogP contribution in [-0.4, -0.2) is 33.0 Å². The third kappa shape index (κ3) is 5.75. The quantitative estimate of drug-likeness (QED) is 0.373. The Balaban J connectivity index is 1.45. The zero-order valence-corrected chi connectivity index (χ0v) is 18.9. The zero-order valence-electron chi connectivity index (χ0n) is 16.5. The summed E-state index contributed by atoms with van der Waals surface area (Å²) in [6.45, 7) is 2.52. The molecule has 3 rings (SSSR count). The SMILES string of the molecule is Cc1cc(Cl)ccc1OCCCc1nnc(SCC(=O)Nc2sccc2C#N)n1C. The van der Waals surface area contributed by atoms with Crippen molar-refractivity contribution in [2.24, 2.45) is 7.05 Å². The number of hydrogen-bond donors (Lipinski definition) is 1. The highest BCUT2D eigenvalue weighted by Crippen LogP contribution is 2.24. The minimum atomic E-state index is -0.185. The second kappa shape index (κ2) is 10.5. The number of amides is 1. The van der Waals surface area contributed by atoms with Crippen LogP contribution >= 0.6 is 34.7 Å². The van der Waals surface area contributed by atoms with E-state index in [9.17, 15) is 4.79 Å². The predicted molar refractivity (Wildman–Crippen MR) is 119 cm³/mol. The van der Waals surface area contributed by atoms with Gasteiger partial charge in [0.25, 0.3) is 0 Å². The molecule has 7 nitrogen and oxygen atoms in total. The second-order valence-electron chi connectivity index (χ2n) is 6.43. The van der Waals surface area contributed by atoms with Crippen LogP contribution in [0.1, 0.15) is 23.4 Å². The standard InChI is InChI=1S/C20H20ClN5O2S2/c1-13-10-15(21)5-6-16(13)28-8-3-4-17-24-25-20(26(17)2)30-12-18(27)23-19-14(11-22)7-9-29-19/h5-7,9-10H,3-4,8,12H2,1-2H3,(H,23,27). The Kier molecular flexibility index (Phi) is 7.74. The minimum Gasteiger partial charge on any atom is -0.493 e. The van der Waals surface area contributed by atoms with E-state index < -0.39 is 0 Å². The van der Waals surface area contributed by atoms with Crippen molar-refractivity contribution in [1.82, 2.24) is 14.8 Å². The molecule has 0 fully saturated rings. The summed E-state index contributed by atoms with van der Waals surface area (Å²) in [5.41, 5.74) is 1.47. The Morgan fingerprint density at radius 1 is 1.40 bits per heavy atom. The van der Waals surface area contributed by atoms with E-state index in [4.69, 9.17) is 21.6 Å². The molecule has 1 aromatic carbocycles. The Morgan fingerprint density at radius 2 is 2.23 bits per heavy atom. The van der Waals surface area contributed by atoms with E-state index in [2.05, 4.69) is 21.6 Å². The highest BCUT2D eigenvalue weighted by atomic mass is 35.5. The fourth-order valence-corrected chi connectivity index (χ4v) is 4.37. The molecule has 156 valence electrons. The molecule has 0 spiro atoms. The first-order valence-corrected chi connectivity index (χ1v) is 11.4. The number of nitriles is 1. The number of thioether (sulfide) groups is 1. The first-order valence-electron chi connectivity index (χ1n) is 9.15. The van der Waals surface area contributed by atoms with Crippen LogP contribution in [0.2, 0.25) is 5.02 Å². The Labute approximate surface area is 188 Å². The number of thiophene rings is 1. The molecule has 0 saturated carbocycles. The first-order chi connectivity index (χ1) is 14.5. The van der Waals surface area contributed by atoms with Crippen molar-refractivity contribution in [2.45, 2.75) is 24.9 Å². The molecule has 0 unspecified atom stereocenters. The maximum Gasteiger partial charge on any atom is 0.235 e. The lowest BCUT2D eigenvalue weighted by Crippen LogP contribution is -2.14. The van der Waals surface area contributed by atoms with Gasteiger partial charge in [-0.15, -0.1) is 21.5 Å². The maximum absolute atomic E-state index is 12.1. The molecule has 0 radical (unpaired) electrons. The smallest absolute Gasteiger partial charge is 0.235 e. The van der Waals surface area contributed by atoms with E-state index in [0.717, 1.165) is 23.6 Å². The van der Waals surface area contributed by atoms with Gasteiger partial charge in [-0.3, -0.25) is 4.79 Å². The van der Waals surface area contributed by atoms with E-state index in [1.807, 2.05) is 36.7 Å². The van der Waals surface area contributed by atoms with E-state index in [1.165, 1.54) is 23.1 Å². The summed E-state index contributed by atoms with van der Waals surface area (Å²) in [6, 6.07) is 9.29. The minimum absolute atomic E-state index is 0.185. The van der Waals surface area contributed by atoms with Crippen LogP contribution < -0.4 is 10.1 Å². The number of anilines is 1. The Morgan fingerprint density at radius 3 is 3.00 bits per heavy atom. The van der Waals surface area contributed by atoms with Gasteiger partial charge in [0.1, 0.15) is 22.6 Å². The normalized spacial score (nSPS) is 10.6. The zero-order chi connectivity index (χ0) is 21.5. The number of hydrogen-bond acceptors (Lipinski definition) is 7. The fraction of sp³-hybridized carbons (Fsp3) is 0.300. The first kappa shape index (κ1) is 22.2. The van der Waals surface area contributed by atoms with Gasteiger partial charge in [0, 0.05) is 18.5 Å². The lowest BCUT2D eigenvalue weighted by Gasteiger charge is -2.09. The van der Waals surface area contributed by atoms with Crippen LogP contribution in [0.25, 0.3) is 0 Å². The number of nitrogens with one attached hydrogen (secondary N) is 1. The summed E-state index contributed by atoms with van der Waals surface area (Å²) in [5, 5.41) is 23.9. The van der Waals surface area contributed by atoms with Gasteiger partial charge >= 0.3 is 0 Å². The van der Waals surface area contributed by atoms with Gasteiger partial charge in [-0.25, -0.2) is 0 Å². The molecule has 0 saturated heterocycles. The molecule has 10 heteroatoms. The van der Waals surface area contributed by atoms with E-state index in [1.54, 1.807) is 11.4 Å². The van der Waals surface area contributed by atoms with Crippen LogP contribution in [0.5, 0.6) is 5.75 Å². The van der Waals surface area contributed by atoms with Crippen molar-refractivity contribution in [3.63, 3.8) is 0 Å². The average Bonchev–Trinajstić information content (AvgIpc) is 3.31. The molecular formula is C20H20ClN5O2S2. The number of rotatable bonds is 9. The van der Waals surface area contributed by atoms with Gasteiger partial charge < -0.3 is 14.6 Å². The van der Waals surface area contributed by atoms with E-state index in [-0.39, 0.29) is 11.7 Å². The maximum atomic E-state index is 12.1. The van der Waals surface area contributed by atoms with Gasteiger partial charge in [0.15, 0.2) is 5.16 Å². The number of nitrogens with zero attached hydrogens (tertiary/aromatic N) is 4. The van der Waals surface area contributed by atoms with Crippen LogP contribution in [-0.2, 0) is 18.3 Å². The van der Waals surface area contributed by atoms with Gasteiger partial charge in [-0.1, -0.05) is 23.4 Å². The topological polar surface area (TPSA) is 92.8 Å². The summed E-state index contributed by atoms with van der Waals surface area (Å²) in [5.74, 6) is 1.66. The predicted octanol–water partition coefficient (Wildman–Crippen LogP) is 4.45. The van der Waals surface area contributed by atoms with Crippen molar-refractivity contribution in [1.29, 1.82) is 5.26 Å². The highest BCUT2D eigenvalue weighted by Gasteiger charge is 2.13. The molecule has 2 heterocycles. The van der Waals surface area contributed by atoms with E-state index >= 15 is 0 Å². The molecule has 0 atom stereocenters. The van der Waals surface area contributed by atoms with Crippen LogP contribution in [0.15, 0.2) is 34.8 Å². The second-order valence-corrected chi connectivity index (χ2v) is 8.73. The number of carbonyl (C=O) groups excluding carboxylic acids is 1. The number of carbonyl (C=O) groups is 1. The Hall–Kier alpha value is -2.54. The van der Waals surface area contributed by atoms with Gasteiger partial charge in [0.2, 0.25) is 5.91 Å². The summed E-state index contributed by atoms with van der Waals surface area (Å²) >= 11 is 8.59. The summed E-state index contributed by atoms with van der Waals surface area (Å²) in [6.07, 6.45) is 1.50. The lowest BCUT2D eigenvalue weighted by molar-refractivity contribution is -0.113. The number of aromatic nitrogens is 3. The molecule has 2 aromatic heterocycles. The molecule has 1 N–H and O–H groups in total. The molecular weight excluding hydrogens is 442 g/mol.